The first-order valence-corrected chi connectivity index (χ1v) is 8.82. The van der Waals surface area contributed by atoms with Crippen LogP contribution in [0.15, 0.2) is 0 Å². The minimum absolute atomic E-state index is 0. The van der Waals surface area contributed by atoms with E-state index in [-0.39, 0.29) is 78.8 Å². The molecule has 112 valence electrons. The Hall–Kier alpha value is 3.53. The van der Waals surface area contributed by atoms with E-state index in [2.05, 4.69) is 63.7 Å². The maximum Gasteiger partial charge on any atom is 0.0528 e. The van der Waals surface area contributed by atoms with Gasteiger partial charge in [0.25, 0.3) is 0 Å². The van der Waals surface area contributed by atoms with Gasteiger partial charge in [-0.05, 0) is 0 Å². The van der Waals surface area contributed by atoms with Gasteiger partial charge in [0.05, 0.1) is 26.4 Å². The van der Waals surface area contributed by atoms with Gasteiger partial charge >= 0.3 is 0 Å². The molecule has 10 heteroatoms. The standard InChI is InChI=1S/4C2H5BrO.2Zr/c4*3-1-2-4;;/h4*4H,1-2H2;;. The molecule has 0 aliphatic heterocycles. The third-order valence-corrected chi connectivity index (χ3v) is 1.76. The van der Waals surface area contributed by atoms with Crippen molar-refractivity contribution in [1.29, 1.82) is 0 Å². The summed E-state index contributed by atoms with van der Waals surface area (Å²) in [7, 11) is 0. The Morgan fingerprint density at radius 3 is 0.500 bits per heavy atom. The van der Waals surface area contributed by atoms with Gasteiger partial charge in [0.15, 0.2) is 0 Å². The number of aliphatic hydroxyl groups is 4. The Kier molecular flexibility index (Phi) is 123. The molecule has 18 heavy (non-hydrogen) atoms. The molecular weight excluding hydrogens is 662 g/mol. The van der Waals surface area contributed by atoms with Gasteiger partial charge in [-0.3, -0.25) is 0 Å². The number of alkyl halides is 4. The van der Waals surface area contributed by atoms with Crippen LogP contribution in [0.1, 0.15) is 0 Å². The Labute approximate surface area is 181 Å². The van der Waals surface area contributed by atoms with E-state index in [1.807, 2.05) is 0 Å². The second-order valence-electron chi connectivity index (χ2n) is 1.65. The predicted molar refractivity (Wildman–Crippen MR) is 83.5 cm³/mol. The summed E-state index contributed by atoms with van der Waals surface area (Å²) in [5, 5.41) is 34.1. The van der Waals surface area contributed by atoms with E-state index in [1.165, 1.54) is 0 Å². The smallest absolute Gasteiger partial charge is 0.0528 e. The maximum absolute atomic E-state index is 7.83. The fourth-order valence-corrected chi connectivity index (χ4v) is 0. The average molecular weight is 682 g/mol. The maximum atomic E-state index is 7.83. The van der Waals surface area contributed by atoms with Crippen molar-refractivity contribution in [3.05, 3.63) is 0 Å². The first kappa shape index (κ1) is 37.6. The van der Waals surface area contributed by atoms with Crippen LogP contribution in [0.3, 0.4) is 0 Å². The molecule has 0 aromatic heterocycles. The van der Waals surface area contributed by atoms with E-state index in [1.54, 1.807) is 0 Å². The van der Waals surface area contributed by atoms with Crippen molar-refractivity contribution in [3.8, 4) is 0 Å². The van der Waals surface area contributed by atoms with Crippen LogP contribution in [0.2, 0.25) is 0 Å². The van der Waals surface area contributed by atoms with Crippen LogP contribution in [0, 0.1) is 0 Å². The predicted octanol–water partition coefficient (Wildman–Crippen LogP) is 1.49. The van der Waals surface area contributed by atoms with Gasteiger partial charge in [-0.25, -0.2) is 0 Å². The molecule has 0 radical (unpaired) electrons. The molecule has 0 aromatic rings. The third kappa shape index (κ3) is 118. The SMILES string of the molecule is OCCBr.OCCBr.OCCBr.OCCBr.[Zr].[Zr]. The number of hydrogen-bond acceptors (Lipinski definition) is 4. The summed E-state index contributed by atoms with van der Waals surface area (Å²) in [6.45, 7) is 0.944. The molecule has 0 aliphatic rings. The molecule has 4 nitrogen and oxygen atoms in total. The van der Waals surface area contributed by atoms with Gasteiger partial charge in [-0.1, -0.05) is 63.7 Å². The molecule has 0 atom stereocenters. The van der Waals surface area contributed by atoms with Crippen LogP contribution >= 0.6 is 63.7 Å². The number of aliphatic hydroxyl groups excluding tert-OH is 4. The second kappa shape index (κ2) is 58.9. The molecule has 0 bridgehead atoms. The monoisotopic (exact) mass is 676 g/mol. The quantitative estimate of drug-likeness (QED) is 0.340. The number of halogens is 4. The second-order valence-corrected chi connectivity index (χ2v) is 4.82. The molecule has 0 aromatic carbocycles. The molecule has 0 rings (SSSR count). The molecule has 0 saturated carbocycles. The van der Waals surface area contributed by atoms with E-state index in [0.29, 0.717) is 21.3 Å². The van der Waals surface area contributed by atoms with E-state index in [4.69, 9.17) is 20.4 Å². The summed E-state index contributed by atoms with van der Waals surface area (Å²) >= 11 is 12.0. The molecule has 0 unspecified atom stereocenters. The van der Waals surface area contributed by atoms with E-state index >= 15 is 0 Å². The van der Waals surface area contributed by atoms with E-state index < -0.39 is 0 Å². The zero-order chi connectivity index (χ0) is 13.7. The summed E-state index contributed by atoms with van der Waals surface area (Å²) in [5.41, 5.74) is 0. The van der Waals surface area contributed by atoms with Gasteiger partial charge in [0, 0.05) is 73.7 Å². The topological polar surface area (TPSA) is 80.9 Å². The van der Waals surface area contributed by atoms with Crippen LogP contribution in [0.4, 0.5) is 0 Å². The van der Waals surface area contributed by atoms with Gasteiger partial charge in [0.1, 0.15) is 0 Å². The zero-order valence-corrected chi connectivity index (χ0v) is 21.2. The van der Waals surface area contributed by atoms with Gasteiger partial charge in [-0.2, -0.15) is 0 Å². The number of hydrogen-bond donors (Lipinski definition) is 4. The van der Waals surface area contributed by atoms with E-state index in [9.17, 15) is 0 Å². The third-order valence-electron chi connectivity index (χ3n) is 0.338. The molecule has 0 spiro atoms. The van der Waals surface area contributed by atoms with Crippen molar-refractivity contribution in [2.75, 3.05) is 47.7 Å². The summed E-state index contributed by atoms with van der Waals surface area (Å²) in [4.78, 5) is 0. The molecule has 0 amide bonds. The largest absolute Gasteiger partial charge is 0.396 e. The van der Waals surface area contributed by atoms with Crippen molar-refractivity contribution < 1.29 is 72.8 Å². The molecule has 0 fully saturated rings. The zero-order valence-electron chi connectivity index (χ0n) is 9.96. The van der Waals surface area contributed by atoms with Crippen LogP contribution in [-0.4, -0.2) is 68.2 Å². The minimum Gasteiger partial charge on any atom is -0.396 e. The fourth-order valence-electron chi connectivity index (χ4n) is 0. The Morgan fingerprint density at radius 1 is 0.444 bits per heavy atom. The van der Waals surface area contributed by atoms with E-state index in [0.717, 1.165) is 0 Å². The van der Waals surface area contributed by atoms with Gasteiger partial charge < -0.3 is 20.4 Å². The van der Waals surface area contributed by atoms with Crippen LogP contribution in [-0.2, 0) is 52.4 Å². The van der Waals surface area contributed by atoms with Gasteiger partial charge in [-0.15, -0.1) is 0 Å². The Balaban J connectivity index is -0.0000000257. The van der Waals surface area contributed by atoms with Crippen LogP contribution < -0.4 is 0 Å². The van der Waals surface area contributed by atoms with Crippen molar-refractivity contribution in [2.24, 2.45) is 0 Å². The average Bonchev–Trinajstić information content (AvgIpc) is 2.39. The first-order chi connectivity index (χ1) is 7.66. The Bertz CT molecular complexity index is 57.1. The van der Waals surface area contributed by atoms with Crippen molar-refractivity contribution in [1.82, 2.24) is 0 Å². The fraction of sp³-hybridized carbons (Fsp3) is 1.00. The summed E-state index contributed by atoms with van der Waals surface area (Å²) < 4.78 is 0. The van der Waals surface area contributed by atoms with Crippen LogP contribution in [0.25, 0.3) is 0 Å². The minimum atomic E-state index is 0. The molecule has 0 aliphatic carbocycles. The van der Waals surface area contributed by atoms with Crippen molar-refractivity contribution in [3.63, 3.8) is 0 Å². The molecule has 4 N–H and O–H groups in total. The Morgan fingerprint density at radius 2 is 0.500 bits per heavy atom. The van der Waals surface area contributed by atoms with Gasteiger partial charge in [0.2, 0.25) is 0 Å². The number of rotatable bonds is 4. The molecular formula is C8H20Br4O4Zr2. The molecule has 0 heterocycles. The normalized spacial score (nSPS) is 6.67. The van der Waals surface area contributed by atoms with Crippen molar-refractivity contribution >= 4 is 63.7 Å². The molecule has 0 saturated heterocycles. The van der Waals surface area contributed by atoms with Crippen LogP contribution in [0.5, 0.6) is 0 Å². The van der Waals surface area contributed by atoms with Crippen molar-refractivity contribution in [2.45, 2.75) is 0 Å². The summed E-state index contributed by atoms with van der Waals surface area (Å²) in [6, 6.07) is 0. The summed E-state index contributed by atoms with van der Waals surface area (Å²) in [6.07, 6.45) is 0. The first-order valence-electron chi connectivity index (χ1n) is 4.33. The summed E-state index contributed by atoms with van der Waals surface area (Å²) in [5.74, 6) is 0.